The Morgan fingerprint density at radius 3 is 2.69 bits per heavy atom. The van der Waals surface area contributed by atoms with Crippen LogP contribution in [0.4, 0.5) is 5.69 Å². The molecule has 1 rings (SSSR count). The topological polar surface area (TPSA) is 55.4 Å². The van der Waals surface area contributed by atoms with Gasteiger partial charge in [0.2, 0.25) is 10.0 Å². The molecule has 0 aromatic heterocycles. The number of benzene rings is 1. The van der Waals surface area contributed by atoms with Gasteiger partial charge >= 0.3 is 0 Å². The maximum absolute atomic E-state index is 11.6. The van der Waals surface area contributed by atoms with E-state index in [2.05, 4.69) is 20.7 Å². The summed E-state index contributed by atoms with van der Waals surface area (Å²) < 4.78 is 31.6. The lowest BCUT2D eigenvalue weighted by atomic mass is 10.3. The fourth-order valence-corrected chi connectivity index (χ4v) is 2.74. The van der Waals surface area contributed by atoms with E-state index < -0.39 is 10.0 Å². The van der Waals surface area contributed by atoms with Gasteiger partial charge in [-0.05, 0) is 24.6 Å². The first kappa shape index (κ1) is 13.3. The predicted octanol–water partition coefficient (Wildman–Crippen LogP) is 2.61. The van der Waals surface area contributed by atoms with Crippen molar-refractivity contribution in [2.45, 2.75) is 13.3 Å². The van der Waals surface area contributed by atoms with E-state index in [4.69, 9.17) is 4.74 Å². The fraction of sp³-hybridized carbons (Fsp3) is 0.400. The molecule has 0 spiro atoms. The third-order valence-electron chi connectivity index (χ3n) is 1.90. The minimum Gasteiger partial charge on any atom is -0.495 e. The molecule has 4 nitrogen and oxygen atoms in total. The van der Waals surface area contributed by atoms with Crippen LogP contribution in [-0.4, -0.2) is 21.3 Å². The monoisotopic (exact) mass is 307 g/mol. The zero-order valence-electron chi connectivity index (χ0n) is 9.16. The van der Waals surface area contributed by atoms with E-state index >= 15 is 0 Å². The van der Waals surface area contributed by atoms with Gasteiger partial charge in [-0.3, -0.25) is 4.72 Å². The van der Waals surface area contributed by atoms with Crippen LogP contribution in [0.25, 0.3) is 0 Å². The van der Waals surface area contributed by atoms with Gasteiger partial charge in [-0.15, -0.1) is 0 Å². The Balaban J connectivity index is 3.00. The van der Waals surface area contributed by atoms with Crippen molar-refractivity contribution in [3.8, 4) is 5.75 Å². The van der Waals surface area contributed by atoms with Crippen molar-refractivity contribution in [1.82, 2.24) is 0 Å². The minimum absolute atomic E-state index is 0.0999. The Bertz CT molecular complexity index is 459. The molecule has 16 heavy (non-hydrogen) atoms. The first-order valence-electron chi connectivity index (χ1n) is 4.82. The Labute approximate surface area is 104 Å². The molecular formula is C10H14BrNO3S. The zero-order valence-corrected chi connectivity index (χ0v) is 11.6. The highest BCUT2D eigenvalue weighted by atomic mass is 79.9. The first-order valence-corrected chi connectivity index (χ1v) is 7.27. The molecule has 1 aromatic rings. The Morgan fingerprint density at radius 1 is 1.44 bits per heavy atom. The number of nitrogens with one attached hydrogen (secondary N) is 1. The van der Waals surface area contributed by atoms with Crippen LogP contribution in [0.1, 0.15) is 13.3 Å². The molecule has 90 valence electrons. The van der Waals surface area contributed by atoms with E-state index in [0.29, 0.717) is 17.9 Å². The Kier molecular flexibility index (Phi) is 4.61. The second-order valence-corrected chi connectivity index (χ2v) is 6.02. The normalized spacial score (nSPS) is 11.2. The summed E-state index contributed by atoms with van der Waals surface area (Å²) in [7, 11) is -1.78. The molecule has 1 aromatic carbocycles. The summed E-state index contributed by atoms with van der Waals surface area (Å²) in [6, 6.07) is 5.16. The molecule has 0 radical (unpaired) electrons. The number of sulfonamides is 1. The molecular weight excluding hydrogens is 294 g/mol. The summed E-state index contributed by atoms with van der Waals surface area (Å²) in [5.41, 5.74) is 0.449. The summed E-state index contributed by atoms with van der Waals surface area (Å²) in [6.07, 6.45) is 0.575. The van der Waals surface area contributed by atoms with Crippen LogP contribution in [0.3, 0.4) is 0 Å². The lowest BCUT2D eigenvalue weighted by molar-refractivity contribution is 0.417. The molecule has 1 N–H and O–H groups in total. The van der Waals surface area contributed by atoms with Gasteiger partial charge in [-0.25, -0.2) is 8.42 Å². The highest BCUT2D eigenvalue weighted by molar-refractivity contribution is 9.10. The van der Waals surface area contributed by atoms with Crippen LogP contribution in [-0.2, 0) is 10.0 Å². The van der Waals surface area contributed by atoms with E-state index in [9.17, 15) is 8.42 Å². The number of hydrogen-bond donors (Lipinski definition) is 1. The first-order chi connectivity index (χ1) is 7.48. The van der Waals surface area contributed by atoms with Gasteiger partial charge in [0, 0.05) is 4.47 Å². The van der Waals surface area contributed by atoms with Crippen molar-refractivity contribution in [3.63, 3.8) is 0 Å². The Morgan fingerprint density at radius 2 is 2.12 bits per heavy atom. The smallest absolute Gasteiger partial charge is 0.232 e. The van der Waals surface area contributed by atoms with Gasteiger partial charge in [-0.2, -0.15) is 0 Å². The van der Waals surface area contributed by atoms with E-state index in [1.807, 2.05) is 6.92 Å². The summed E-state index contributed by atoms with van der Waals surface area (Å²) >= 11 is 3.28. The van der Waals surface area contributed by atoms with Crippen LogP contribution in [0.5, 0.6) is 5.75 Å². The molecule has 0 fully saturated rings. The molecule has 0 heterocycles. The summed E-state index contributed by atoms with van der Waals surface area (Å²) in [4.78, 5) is 0. The van der Waals surface area contributed by atoms with Gasteiger partial charge in [0.25, 0.3) is 0 Å². The van der Waals surface area contributed by atoms with Gasteiger partial charge in [0.15, 0.2) is 0 Å². The number of ether oxygens (including phenoxy) is 1. The van der Waals surface area contributed by atoms with Crippen LogP contribution >= 0.6 is 15.9 Å². The van der Waals surface area contributed by atoms with E-state index in [1.54, 1.807) is 18.2 Å². The second kappa shape index (κ2) is 5.54. The van der Waals surface area contributed by atoms with Gasteiger partial charge in [0.1, 0.15) is 5.75 Å². The molecule has 0 saturated carbocycles. The van der Waals surface area contributed by atoms with E-state index in [1.165, 1.54) is 7.11 Å². The van der Waals surface area contributed by atoms with Crippen molar-refractivity contribution in [1.29, 1.82) is 0 Å². The maximum atomic E-state index is 11.6. The number of rotatable bonds is 5. The molecule has 0 aliphatic rings. The largest absolute Gasteiger partial charge is 0.495 e. The molecule has 0 aliphatic heterocycles. The van der Waals surface area contributed by atoms with Crippen molar-refractivity contribution < 1.29 is 13.2 Å². The number of anilines is 1. The van der Waals surface area contributed by atoms with Crippen molar-refractivity contribution in [2.24, 2.45) is 0 Å². The third kappa shape index (κ3) is 3.68. The molecule has 6 heteroatoms. The average molecular weight is 308 g/mol. The molecule has 0 atom stereocenters. The molecule has 0 aliphatic carbocycles. The molecule has 0 amide bonds. The van der Waals surface area contributed by atoms with Crippen molar-refractivity contribution in [2.75, 3.05) is 17.6 Å². The number of halogens is 1. The minimum atomic E-state index is -3.28. The second-order valence-electron chi connectivity index (χ2n) is 3.27. The molecule has 0 unspecified atom stereocenters. The van der Waals surface area contributed by atoms with E-state index in [0.717, 1.165) is 4.47 Å². The molecule has 0 saturated heterocycles. The van der Waals surface area contributed by atoms with E-state index in [-0.39, 0.29) is 5.75 Å². The zero-order chi connectivity index (χ0) is 12.2. The highest BCUT2D eigenvalue weighted by Crippen LogP contribution is 2.28. The van der Waals surface area contributed by atoms with Gasteiger partial charge in [-0.1, -0.05) is 22.9 Å². The van der Waals surface area contributed by atoms with Crippen LogP contribution in [0, 0.1) is 0 Å². The van der Waals surface area contributed by atoms with Crippen LogP contribution in [0.15, 0.2) is 22.7 Å². The standard InChI is InChI=1S/C10H14BrNO3S/c1-3-6-16(13,14)12-9-7-8(11)4-5-10(9)15-2/h4-5,7,12H,3,6H2,1-2H3. The SMILES string of the molecule is CCCS(=O)(=O)Nc1cc(Br)ccc1OC. The number of methoxy groups -OCH3 is 1. The van der Waals surface area contributed by atoms with Gasteiger partial charge < -0.3 is 4.74 Å². The third-order valence-corrected chi connectivity index (χ3v) is 3.87. The summed E-state index contributed by atoms with van der Waals surface area (Å²) in [5.74, 6) is 0.603. The fourth-order valence-electron chi connectivity index (χ4n) is 1.25. The van der Waals surface area contributed by atoms with Crippen molar-refractivity contribution >= 4 is 31.6 Å². The van der Waals surface area contributed by atoms with Gasteiger partial charge in [0.05, 0.1) is 18.6 Å². The Hall–Kier alpha value is -0.750. The maximum Gasteiger partial charge on any atom is 0.232 e. The van der Waals surface area contributed by atoms with Crippen LogP contribution < -0.4 is 9.46 Å². The summed E-state index contributed by atoms with van der Waals surface area (Å²) in [6.45, 7) is 1.82. The quantitative estimate of drug-likeness (QED) is 0.909. The van der Waals surface area contributed by atoms with Crippen molar-refractivity contribution in [3.05, 3.63) is 22.7 Å². The average Bonchev–Trinajstić information content (AvgIpc) is 2.17. The lowest BCUT2D eigenvalue weighted by Gasteiger charge is -2.11. The number of hydrogen-bond acceptors (Lipinski definition) is 3. The van der Waals surface area contributed by atoms with Crippen LogP contribution in [0.2, 0.25) is 0 Å². The highest BCUT2D eigenvalue weighted by Gasteiger charge is 2.12. The predicted molar refractivity (Wildman–Crippen MR) is 68.4 cm³/mol. The lowest BCUT2D eigenvalue weighted by Crippen LogP contribution is -2.16. The summed E-state index contributed by atoms with van der Waals surface area (Å²) in [5, 5.41) is 0. The molecule has 0 bridgehead atoms.